The lowest BCUT2D eigenvalue weighted by molar-refractivity contribution is 0.0701. The van der Waals surface area contributed by atoms with Gasteiger partial charge in [0.15, 0.2) is 0 Å². The van der Waals surface area contributed by atoms with Gasteiger partial charge in [0.05, 0.1) is 17.3 Å². The zero-order chi connectivity index (χ0) is 14.7. The van der Waals surface area contributed by atoms with Crippen molar-refractivity contribution in [2.24, 2.45) is 0 Å². The van der Waals surface area contributed by atoms with E-state index in [1.165, 1.54) is 11.3 Å². The molecule has 0 aliphatic rings. The quantitative estimate of drug-likeness (QED) is 0.914. The van der Waals surface area contributed by atoms with Crippen molar-refractivity contribution in [3.63, 3.8) is 0 Å². The van der Waals surface area contributed by atoms with E-state index in [0.717, 1.165) is 16.3 Å². The maximum absolute atomic E-state index is 10.9. The average molecular weight is 312 g/mol. The molecule has 0 radical (unpaired) electrons. The second-order valence-corrected chi connectivity index (χ2v) is 5.86. The van der Waals surface area contributed by atoms with E-state index >= 15 is 0 Å². The summed E-state index contributed by atoms with van der Waals surface area (Å²) in [5, 5.41) is 10.4. The number of carboxylic acids is 1. The summed E-state index contributed by atoms with van der Waals surface area (Å²) < 4.78 is 5.67. The first-order valence-corrected chi connectivity index (χ1v) is 7.25. The van der Waals surface area contributed by atoms with E-state index in [-0.39, 0.29) is 0 Å². The molecule has 0 fully saturated rings. The summed E-state index contributed by atoms with van der Waals surface area (Å²) in [5.41, 5.74) is 1.53. The Kier molecular flexibility index (Phi) is 4.62. The molecule has 0 aliphatic carbocycles. The molecular formula is C14H14ClNO3S. The number of carboxylic acid groups (broad SMARTS) is 1. The lowest BCUT2D eigenvalue weighted by Gasteiger charge is -2.08. The molecule has 0 unspecified atom stereocenters. The van der Waals surface area contributed by atoms with Crippen molar-refractivity contribution in [1.29, 1.82) is 0 Å². The Labute approximate surface area is 126 Å². The second kappa shape index (κ2) is 6.24. The van der Waals surface area contributed by atoms with E-state index in [1.807, 2.05) is 19.1 Å². The van der Waals surface area contributed by atoms with Crippen LogP contribution in [0, 0.1) is 13.8 Å². The van der Waals surface area contributed by atoms with Gasteiger partial charge in [-0.25, -0.2) is 9.78 Å². The highest BCUT2D eigenvalue weighted by Crippen LogP contribution is 2.23. The Morgan fingerprint density at radius 3 is 2.80 bits per heavy atom. The molecule has 2 rings (SSSR count). The smallest absolute Gasteiger partial charge is 0.347 e. The number of hydrogen-bond donors (Lipinski definition) is 1. The molecule has 1 aromatic heterocycles. The lowest BCUT2D eigenvalue weighted by atomic mass is 10.2. The molecule has 0 spiro atoms. The van der Waals surface area contributed by atoms with E-state index in [2.05, 4.69) is 4.98 Å². The summed E-state index contributed by atoms with van der Waals surface area (Å²) in [7, 11) is 0. The van der Waals surface area contributed by atoms with Gasteiger partial charge in [-0.2, -0.15) is 0 Å². The molecule has 0 amide bonds. The molecule has 106 valence electrons. The molecule has 20 heavy (non-hydrogen) atoms. The summed E-state index contributed by atoms with van der Waals surface area (Å²) in [5.74, 6) is -0.151. The first-order valence-electron chi connectivity index (χ1n) is 6.06. The fraction of sp³-hybridized carbons (Fsp3) is 0.286. The predicted octanol–water partition coefficient (Wildman–Crippen LogP) is 3.73. The van der Waals surface area contributed by atoms with Crippen LogP contribution in [0.5, 0.6) is 5.75 Å². The zero-order valence-electron chi connectivity index (χ0n) is 11.1. The van der Waals surface area contributed by atoms with Gasteiger partial charge in [-0.05, 0) is 37.6 Å². The first-order chi connectivity index (χ1) is 9.47. The van der Waals surface area contributed by atoms with Crippen LogP contribution in [-0.2, 0) is 6.42 Å². The maximum atomic E-state index is 10.9. The van der Waals surface area contributed by atoms with Crippen molar-refractivity contribution in [1.82, 2.24) is 4.98 Å². The summed E-state index contributed by atoms with van der Waals surface area (Å²) in [4.78, 5) is 15.5. The Morgan fingerprint density at radius 2 is 2.20 bits per heavy atom. The normalized spacial score (nSPS) is 10.6. The summed E-state index contributed by atoms with van der Waals surface area (Å²) >= 11 is 7.07. The molecule has 0 aliphatic heterocycles. The third-order valence-electron chi connectivity index (χ3n) is 2.75. The van der Waals surface area contributed by atoms with Crippen LogP contribution >= 0.6 is 22.9 Å². The molecule has 4 nitrogen and oxygen atoms in total. The zero-order valence-corrected chi connectivity index (χ0v) is 12.7. The van der Waals surface area contributed by atoms with Gasteiger partial charge in [0, 0.05) is 11.4 Å². The van der Waals surface area contributed by atoms with Crippen LogP contribution in [0.1, 0.15) is 25.9 Å². The van der Waals surface area contributed by atoms with Gasteiger partial charge in [0.2, 0.25) is 0 Å². The largest absolute Gasteiger partial charge is 0.493 e. The minimum atomic E-state index is -0.930. The molecule has 1 aromatic carbocycles. The van der Waals surface area contributed by atoms with Crippen LogP contribution in [0.4, 0.5) is 0 Å². The van der Waals surface area contributed by atoms with Crippen molar-refractivity contribution >= 4 is 28.9 Å². The first kappa shape index (κ1) is 14.8. The van der Waals surface area contributed by atoms with Crippen molar-refractivity contribution in [2.75, 3.05) is 6.61 Å². The lowest BCUT2D eigenvalue weighted by Crippen LogP contribution is -2.02. The van der Waals surface area contributed by atoms with Crippen LogP contribution in [0.15, 0.2) is 18.2 Å². The fourth-order valence-electron chi connectivity index (χ4n) is 1.78. The molecule has 6 heteroatoms. The van der Waals surface area contributed by atoms with Gasteiger partial charge in [0.1, 0.15) is 10.6 Å². The Hall–Kier alpha value is -1.59. The molecule has 0 bridgehead atoms. The number of thiazole rings is 1. The Bertz CT molecular complexity index is 639. The number of aromatic nitrogens is 1. The molecule has 0 saturated heterocycles. The summed E-state index contributed by atoms with van der Waals surface area (Å²) in [6, 6.07) is 5.44. The molecule has 1 heterocycles. The van der Waals surface area contributed by atoms with E-state index < -0.39 is 5.97 Å². The summed E-state index contributed by atoms with van der Waals surface area (Å²) in [6.07, 6.45) is 0.584. The molecule has 0 saturated carbocycles. The monoisotopic (exact) mass is 311 g/mol. The summed E-state index contributed by atoms with van der Waals surface area (Å²) in [6.45, 7) is 4.08. The van der Waals surface area contributed by atoms with Crippen LogP contribution in [0.3, 0.4) is 0 Å². The van der Waals surface area contributed by atoms with E-state index in [9.17, 15) is 4.79 Å². The number of aryl methyl sites for hydroxylation is 2. The van der Waals surface area contributed by atoms with E-state index in [1.54, 1.807) is 13.0 Å². The predicted molar refractivity (Wildman–Crippen MR) is 79.2 cm³/mol. The number of nitrogens with zero attached hydrogens (tertiary/aromatic N) is 1. The standard InChI is InChI=1S/C14H14ClNO3S/c1-8-7-10(15)3-4-11(8)19-6-5-12-16-9(2)13(20-12)14(17)18/h3-4,7H,5-6H2,1-2H3,(H,17,18). The minimum Gasteiger partial charge on any atom is -0.493 e. The maximum Gasteiger partial charge on any atom is 0.347 e. The Morgan fingerprint density at radius 1 is 1.45 bits per heavy atom. The van der Waals surface area contributed by atoms with Gasteiger partial charge in [-0.15, -0.1) is 11.3 Å². The number of halogens is 1. The van der Waals surface area contributed by atoms with Crippen LogP contribution in [-0.4, -0.2) is 22.7 Å². The van der Waals surface area contributed by atoms with Crippen LogP contribution in [0.25, 0.3) is 0 Å². The molecular weight excluding hydrogens is 298 g/mol. The van der Waals surface area contributed by atoms with Crippen molar-refractivity contribution in [2.45, 2.75) is 20.3 Å². The van der Waals surface area contributed by atoms with E-state index in [4.69, 9.17) is 21.4 Å². The number of carbonyl (C=O) groups is 1. The number of hydrogen-bond acceptors (Lipinski definition) is 4. The molecule has 2 aromatic rings. The number of benzene rings is 1. The van der Waals surface area contributed by atoms with Crippen LogP contribution < -0.4 is 4.74 Å². The van der Waals surface area contributed by atoms with Gasteiger partial charge >= 0.3 is 5.97 Å². The van der Waals surface area contributed by atoms with E-state index in [0.29, 0.717) is 28.6 Å². The highest BCUT2D eigenvalue weighted by molar-refractivity contribution is 7.13. The number of aromatic carboxylic acids is 1. The Balaban J connectivity index is 1.96. The highest BCUT2D eigenvalue weighted by atomic mass is 35.5. The van der Waals surface area contributed by atoms with Crippen molar-refractivity contribution in [3.05, 3.63) is 44.4 Å². The SMILES string of the molecule is Cc1cc(Cl)ccc1OCCc1nc(C)c(C(=O)O)s1. The van der Waals surface area contributed by atoms with Gasteiger partial charge in [0.25, 0.3) is 0 Å². The third-order valence-corrected chi connectivity index (χ3v) is 4.19. The highest BCUT2D eigenvalue weighted by Gasteiger charge is 2.13. The van der Waals surface area contributed by atoms with Gasteiger partial charge in [-0.1, -0.05) is 11.6 Å². The van der Waals surface area contributed by atoms with Crippen molar-refractivity contribution in [3.8, 4) is 5.75 Å². The number of rotatable bonds is 5. The minimum absolute atomic E-state index is 0.294. The third kappa shape index (κ3) is 3.49. The fourth-order valence-corrected chi connectivity index (χ4v) is 2.89. The molecule has 0 atom stereocenters. The average Bonchev–Trinajstić information content (AvgIpc) is 2.73. The topological polar surface area (TPSA) is 59.4 Å². The number of ether oxygens (including phenoxy) is 1. The van der Waals surface area contributed by atoms with Gasteiger partial charge < -0.3 is 9.84 Å². The second-order valence-electron chi connectivity index (χ2n) is 4.34. The van der Waals surface area contributed by atoms with Crippen LogP contribution in [0.2, 0.25) is 5.02 Å². The van der Waals surface area contributed by atoms with Crippen molar-refractivity contribution < 1.29 is 14.6 Å². The molecule has 1 N–H and O–H groups in total. The van der Waals surface area contributed by atoms with Gasteiger partial charge in [-0.3, -0.25) is 0 Å².